The van der Waals surface area contributed by atoms with Crippen molar-refractivity contribution in [1.82, 2.24) is 4.57 Å². The third-order valence-corrected chi connectivity index (χ3v) is 19.4. The highest BCUT2D eigenvalue weighted by atomic mass is 15.2. The predicted molar refractivity (Wildman–Crippen MR) is 398 cm³/mol. The Morgan fingerprint density at radius 1 is 0.191 bits per heavy atom. The molecule has 3 heterocycles. The lowest BCUT2D eigenvalue weighted by molar-refractivity contribution is 1.16. The molecule has 0 unspecified atom stereocenters. The molecule has 0 radical (unpaired) electrons. The van der Waals surface area contributed by atoms with E-state index in [4.69, 9.17) is 0 Å². The van der Waals surface area contributed by atoms with Crippen molar-refractivity contribution in [2.24, 2.45) is 0 Å². The maximum atomic E-state index is 2.57. The lowest BCUT2D eigenvalue weighted by atomic mass is 9.33. The molecule has 16 aromatic rings. The summed E-state index contributed by atoms with van der Waals surface area (Å²) in [6, 6.07) is 135. The molecular formula is C90H60BN3. The second-order valence-electron chi connectivity index (χ2n) is 24.7. The van der Waals surface area contributed by atoms with E-state index in [1.54, 1.807) is 0 Å². The topological polar surface area (TPSA) is 11.4 Å². The molecule has 0 spiro atoms. The first-order valence-corrected chi connectivity index (χ1v) is 32.5. The number of rotatable bonds is 11. The van der Waals surface area contributed by atoms with Crippen molar-refractivity contribution < 1.29 is 0 Å². The van der Waals surface area contributed by atoms with Crippen LogP contribution in [-0.4, -0.2) is 11.3 Å². The molecule has 0 saturated carbocycles. The first-order valence-electron chi connectivity index (χ1n) is 32.5. The zero-order valence-electron chi connectivity index (χ0n) is 51.6. The Hall–Kier alpha value is -12.2. The Kier molecular flexibility index (Phi) is 13.3. The molecule has 18 rings (SSSR count). The Morgan fingerprint density at radius 3 is 0.787 bits per heavy atom. The second-order valence-corrected chi connectivity index (χ2v) is 24.7. The Labute approximate surface area is 548 Å². The summed E-state index contributed by atoms with van der Waals surface area (Å²) in [6.07, 6.45) is 0. The van der Waals surface area contributed by atoms with Gasteiger partial charge in [0.2, 0.25) is 0 Å². The van der Waals surface area contributed by atoms with Gasteiger partial charge in [-0.2, -0.15) is 0 Å². The number of nitrogens with zero attached hydrogens (tertiary/aromatic N) is 3. The predicted octanol–water partition coefficient (Wildman–Crippen LogP) is 22.2. The Balaban J connectivity index is 0.927. The van der Waals surface area contributed by atoms with Gasteiger partial charge in [0.05, 0.1) is 16.7 Å². The van der Waals surface area contributed by atoms with Crippen molar-refractivity contribution in [1.29, 1.82) is 0 Å². The molecule has 0 atom stereocenters. The summed E-state index contributed by atoms with van der Waals surface area (Å²) >= 11 is 0. The summed E-state index contributed by atoms with van der Waals surface area (Å²) < 4.78 is 2.50. The highest BCUT2D eigenvalue weighted by molar-refractivity contribution is 7.00. The zero-order valence-corrected chi connectivity index (χ0v) is 51.6. The fourth-order valence-corrected chi connectivity index (χ4v) is 15.2. The Bertz CT molecular complexity index is 5210. The average Bonchev–Trinajstić information content (AvgIpc) is 0.747. The van der Waals surface area contributed by atoms with Crippen molar-refractivity contribution in [3.63, 3.8) is 0 Å². The van der Waals surface area contributed by atoms with Gasteiger partial charge in [-0.25, -0.2) is 0 Å². The first kappa shape index (κ1) is 54.7. The second kappa shape index (κ2) is 22.9. The maximum absolute atomic E-state index is 2.57. The number of anilines is 6. The minimum absolute atomic E-state index is 0.212. The van der Waals surface area contributed by atoms with Crippen LogP contribution < -0.4 is 26.2 Å². The SMILES string of the molecule is c1ccc(-c2ccccc2-c2ccc(N3c4ccc(-c5ccccc5-c5ccccc5)cc4B4c5cc(-c6ccccc6-c6ccccc6)ccc5N(c5ccc(-c6ccccc6-c6ccccc6)cc5)c5cc(-n6c7ccccc7c7ccccc76)cc3c54)cc2)cc1. The summed E-state index contributed by atoms with van der Waals surface area (Å²) in [5.74, 6) is 0. The molecule has 4 heteroatoms. The van der Waals surface area contributed by atoms with Crippen LogP contribution in [0.5, 0.6) is 0 Å². The van der Waals surface area contributed by atoms with Gasteiger partial charge in [-0.05, 0) is 166 Å². The molecule has 0 aliphatic carbocycles. The van der Waals surface area contributed by atoms with Gasteiger partial charge < -0.3 is 14.4 Å². The molecule has 1 aromatic heterocycles. The van der Waals surface area contributed by atoms with E-state index in [9.17, 15) is 0 Å². The number of aromatic nitrogens is 1. The number of hydrogen-bond acceptors (Lipinski definition) is 2. The van der Waals surface area contributed by atoms with Gasteiger partial charge in [0, 0.05) is 44.9 Å². The van der Waals surface area contributed by atoms with Crippen LogP contribution in [-0.2, 0) is 0 Å². The van der Waals surface area contributed by atoms with Crippen molar-refractivity contribution >= 4 is 79.0 Å². The quantitative estimate of drug-likeness (QED) is 0.120. The van der Waals surface area contributed by atoms with E-state index < -0.39 is 0 Å². The van der Waals surface area contributed by atoms with Gasteiger partial charge in [0.1, 0.15) is 0 Å². The highest BCUT2D eigenvalue weighted by Crippen LogP contribution is 2.49. The lowest BCUT2D eigenvalue weighted by Gasteiger charge is -2.45. The van der Waals surface area contributed by atoms with E-state index >= 15 is 0 Å². The summed E-state index contributed by atoms with van der Waals surface area (Å²) in [6.45, 7) is -0.212. The first-order chi connectivity index (χ1) is 46.7. The number of para-hydroxylation sites is 2. The van der Waals surface area contributed by atoms with Crippen LogP contribution in [0.3, 0.4) is 0 Å². The van der Waals surface area contributed by atoms with Crippen LogP contribution in [0.25, 0.3) is 117 Å². The minimum atomic E-state index is -0.212. The van der Waals surface area contributed by atoms with Crippen molar-refractivity contribution in [3.05, 3.63) is 364 Å². The molecule has 3 nitrogen and oxygen atoms in total. The fraction of sp³-hybridized carbons (Fsp3) is 0. The summed E-state index contributed by atoms with van der Waals surface area (Å²) in [4.78, 5) is 5.15. The number of fused-ring (bicyclic) bond motifs is 7. The van der Waals surface area contributed by atoms with Crippen LogP contribution in [0.4, 0.5) is 34.1 Å². The van der Waals surface area contributed by atoms with Crippen LogP contribution in [0.2, 0.25) is 0 Å². The lowest BCUT2D eigenvalue weighted by Crippen LogP contribution is -2.61. The van der Waals surface area contributed by atoms with Gasteiger partial charge in [-0.15, -0.1) is 0 Å². The van der Waals surface area contributed by atoms with Crippen molar-refractivity contribution in [2.45, 2.75) is 0 Å². The van der Waals surface area contributed by atoms with Crippen LogP contribution >= 0.6 is 0 Å². The zero-order chi connectivity index (χ0) is 62.1. The molecule has 0 N–H and O–H groups in total. The molecule has 0 bridgehead atoms. The van der Waals surface area contributed by atoms with Gasteiger partial charge in [0.15, 0.2) is 0 Å². The number of hydrogen-bond donors (Lipinski definition) is 0. The van der Waals surface area contributed by atoms with Gasteiger partial charge in [-0.1, -0.05) is 303 Å². The van der Waals surface area contributed by atoms with E-state index in [1.807, 2.05) is 0 Å². The molecule has 2 aliphatic rings. The number of benzene rings is 15. The van der Waals surface area contributed by atoms with Crippen LogP contribution in [0.1, 0.15) is 0 Å². The summed E-state index contributed by atoms with van der Waals surface area (Å²) in [7, 11) is 0. The molecule has 2 aliphatic heterocycles. The molecule has 438 valence electrons. The molecule has 0 saturated heterocycles. The summed E-state index contributed by atoms with van der Waals surface area (Å²) in [5, 5.41) is 2.44. The third-order valence-electron chi connectivity index (χ3n) is 19.4. The van der Waals surface area contributed by atoms with E-state index in [0.29, 0.717) is 0 Å². The van der Waals surface area contributed by atoms with E-state index in [2.05, 4.69) is 378 Å². The summed E-state index contributed by atoms with van der Waals surface area (Å²) in [5.41, 5.74) is 32.8. The van der Waals surface area contributed by atoms with Crippen LogP contribution in [0, 0.1) is 0 Å². The largest absolute Gasteiger partial charge is 0.311 e. The van der Waals surface area contributed by atoms with Crippen molar-refractivity contribution in [2.75, 3.05) is 9.80 Å². The molecule has 0 amide bonds. The molecule has 94 heavy (non-hydrogen) atoms. The fourth-order valence-electron chi connectivity index (χ4n) is 15.2. The Morgan fingerprint density at radius 2 is 0.457 bits per heavy atom. The van der Waals surface area contributed by atoms with Gasteiger partial charge in [0.25, 0.3) is 6.71 Å². The van der Waals surface area contributed by atoms with Gasteiger partial charge in [-0.3, -0.25) is 0 Å². The maximum Gasteiger partial charge on any atom is 0.252 e. The monoisotopic (exact) mass is 1190 g/mol. The molecule has 15 aromatic carbocycles. The van der Waals surface area contributed by atoms with E-state index in [1.165, 1.54) is 105 Å². The van der Waals surface area contributed by atoms with Crippen molar-refractivity contribution in [3.8, 4) is 94.7 Å². The highest BCUT2D eigenvalue weighted by Gasteiger charge is 2.44. The third kappa shape index (κ3) is 9.21. The minimum Gasteiger partial charge on any atom is -0.311 e. The average molecular weight is 1190 g/mol. The molecule has 0 fully saturated rings. The smallest absolute Gasteiger partial charge is 0.252 e. The van der Waals surface area contributed by atoms with Gasteiger partial charge >= 0.3 is 0 Å². The standard InChI is InChI=1S/C90H60BN3/c1-5-25-61(26-6-1)72-33-13-15-37-76(72)65-45-51-69(52-46-65)92-86-55-49-67(78-39-19-17-35-74(78)63-29-9-3-10-30-63)57-82(86)91-83-58-68(79-40-20-18-36-75(79)64-31-11-4-12-32-64)50-56-87(83)93(70-53-47-66(48-54-70)77-38-16-14-34-73(77)62-27-7-2-8-28-62)89-60-71(59-88(92)90(89)91)94-84-43-23-21-41-80(84)81-42-22-24-44-85(81)94/h1-60H. The normalized spacial score (nSPS) is 12.2. The van der Waals surface area contributed by atoms with E-state index in [0.717, 1.165) is 62.0 Å². The van der Waals surface area contributed by atoms with Crippen LogP contribution in [0.15, 0.2) is 364 Å². The van der Waals surface area contributed by atoms with E-state index in [-0.39, 0.29) is 6.71 Å². The molecular weight excluding hydrogens is 1130 g/mol.